The standard InChI is InChI=1S/C22H23F3N2O4S/c23-22(24,25)16-3-1-15(2-4-16)7-12-31-17-5-6-20-19(13-17)21(14-26-20)27-32(28,29)18-8-10-30-11-9-18/h1-6,13-14,18,26-27H,7-12H2. The second-order valence-corrected chi connectivity index (χ2v) is 9.62. The number of halogens is 3. The molecular weight excluding hydrogens is 445 g/mol. The van der Waals surface area contributed by atoms with Gasteiger partial charge in [-0.3, -0.25) is 4.72 Å². The van der Waals surface area contributed by atoms with Crippen LogP contribution in [-0.2, 0) is 27.4 Å². The van der Waals surface area contributed by atoms with Crippen LogP contribution in [0.3, 0.4) is 0 Å². The normalized spacial score (nSPS) is 15.7. The number of aromatic nitrogens is 1. The van der Waals surface area contributed by atoms with Gasteiger partial charge < -0.3 is 14.5 Å². The van der Waals surface area contributed by atoms with Crippen LogP contribution in [0.2, 0.25) is 0 Å². The number of sulfonamides is 1. The Bertz CT molecular complexity index is 1170. The van der Waals surface area contributed by atoms with E-state index in [0.29, 0.717) is 49.3 Å². The maximum absolute atomic E-state index is 12.7. The van der Waals surface area contributed by atoms with Gasteiger partial charge in [-0.2, -0.15) is 13.2 Å². The van der Waals surface area contributed by atoms with Crippen LogP contribution in [0, 0.1) is 0 Å². The summed E-state index contributed by atoms with van der Waals surface area (Å²) in [5.41, 5.74) is 1.24. The van der Waals surface area contributed by atoms with E-state index in [1.807, 2.05) is 0 Å². The number of anilines is 1. The Balaban J connectivity index is 1.41. The first kappa shape index (κ1) is 22.5. The lowest BCUT2D eigenvalue weighted by Gasteiger charge is -2.22. The lowest BCUT2D eigenvalue weighted by Crippen LogP contribution is -2.33. The van der Waals surface area contributed by atoms with Crippen LogP contribution in [0.4, 0.5) is 18.9 Å². The number of nitrogens with one attached hydrogen (secondary N) is 2. The van der Waals surface area contributed by atoms with Crippen molar-refractivity contribution in [1.82, 2.24) is 4.98 Å². The third-order valence-electron chi connectivity index (χ3n) is 5.45. The van der Waals surface area contributed by atoms with E-state index < -0.39 is 27.0 Å². The zero-order chi connectivity index (χ0) is 22.8. The minimum Gasteiger partial charge on any atom is -0.493 e. The summed E-state index contributed by atoms with van der Waals surface area (Å²) >= 11 is 0. The summed E-state index contributed by atoms with van der Waals surface area (Å²) in [5.74, 6) is 0.538. The fourth-order valence-electron chi connectivity index (χ4n) is 3.64. The van der Waals surface area contributed by atoms with Crippen molar-refractivity contribution < 1.29 is 31.1 Å². The van der Waals surface area contributed by atoms with Crippen LogP contribution in [0.15, 0.2) is 48.7 Å². The molecule has 1 aliphatic heterocycles. The second-order valence-electron chi connectivity index (χ2n) is 7.66. The van der Waals surface area contributed by atoms with E-state index in [4.69, 9.17) is 9.47 Å². The Morgan fingerprint density at radius 2 is 1.81 bits per heavy atom. The average Bonchev–Trinajstić information content (AvgIpc) is 3.15. The van der Waals surface area contributed by atoms with Gasteiger partial charge >= 0.3 is 6.18 Å². The smallest absolute Gasteiger partial charge is 0.416 e. The zero-order valence-corrected chi connectivity index (χ0v) is 17.9. The van der Waals surface area contributed by atoms with Crippen molar-refractivity contribution in [2.24, 2.45) is 0 Å². The van der Waals surface area contributed by atoms with E-state index in [1.165, 1.54) is 12.1 Å². The number of aromatic amines is 1. The first-order valence-electron chi connectivity index (χ1n) is 10.2. The van der Waals surface area contributed by atoms with Gasteiger partial charge in [0.1, 0.15) is 5.75 Å². The highest BCUT2D eigenvalue weighted by Crippen LogP contribution is 2.30. The van der Waals surface area contributed by atoms with Gasteiger partial charge in [0.15, 0.2) is 0 Å². The third kappa shape index (κ3) is 5.18. The molecule has 0 bridgehead atoms. The minimum atomic E-state index is -4.36. The molecule has 0 unspecified atom stereocenters. The third-order valence-corrected chi connectivity index (χ3v) is 7.31. The first-order valence-corrected chi connectivity index (χ1v) is 11.8. The molecule has 0 amide bonds. The molecule has 1 saturated heterocycles. The molecule has 1 aromatic heterocycles. The van der Waals surface area contributed by atoms with Crippen LogP contribution in [0.1, 0.15) is 24.0 Å². The van der Waals surface area contributed by atoms with Crippen LogP contribution in [-0.4, -0.2) is 38.5 Å². The van der Waals surface area contributed by atoms with Crippen molar-refractivity contribution in [2.75, 3.05) is 24.5 Å². The fraction of sp³-hybridized carbons (Fsp3) is 0.364. The van der Waals surface area contributed by atoms with Crippen molar-refractivity contribution in [2.45, 2.75) is 30.7 Å². The van der Waals surface area contributed by atoms with Crippen molar-refractivity contribution in [3.63, 3.8) is 0 Å². The molecule has 172 valence electrons. The van der Waals surface area contributed by atoms with E-state index in [9.17, 15) is 21.6 Å². The van der Waals surface area contributed by atoms with Gasteiger partial charge in [-0.1, -0.05) is 12.1 Å². The lowest BCUT2D eigenvalue weighted by atomic mass is 10.1. The van der Waals surface area contributed by atoms with E-state index in [0.717, 1.165) is 23.2 Å². The number of hydrogen-bond acceptors (Lipinski definition) is 4. The Morgan fingerprint density at radius 3 is 2.50 bits per heavy atom. The van der Waals surface area contributed by atoms with Crippen molar-refractivity contribution in [3.8, 4) is 5.75 Å². The van der Waals surface area contributed by atoms with Crippen molar-refractivity contribution in [1.29, 1.82) is 0 Å². The zero-order valence-electron chi connectivity index (χ0n) is 17.1. The SMILES string of the molecule is O=S(=O)(Nc1c[nH]c2ccc(OCCc3ccc(C(F)(F)F)cc3)cc12)C1CCOCC1. The fourth-order valence-corrected chi connectivity index (χ4v) is 5.10. The molecule has 1 aliphatic rings. The van der Waals surface area contributed by atoms with E-state index in [2.05, 4.69) is 9.71 Å². The van der Waals surface area contributed by atoms with E-state index in [1.54, 1.807) is 24.4 Å². The lowest BCUT2D eigenvalue weighted by molar-refractivity contribution is -0.137. The number of benzene rings is 2. The van der Waals surface area contributed by atoms with Crippen LogP contribution in [0.25, 0.3) is 10.9 Å². The van der Waals surface area contributed by atoms with Gasteiger partial charge in [-0.05, 0) is 48.7 Å². The Labute approximate surface area is 183 Å². The molecule has 2 heterocycles. The van der Waals surface area contributed by atoms with Crippen molar-refractivity contribution >= 4 is 26.6 Å². The number of ether oxygens (including phenoxy) is 2. The predicted molar refractivity (Wildman–Crippen MR) is 115 cm³/mol. The van der Waals surface area contributed by atoms with Gasteiger partial charge in [-0.15, -0.1) is 0 Å². The Morgan fingerprint density at radius 1 is 1.09 bits per heavy atom. The molecule has 0 aliphatic carbocycles. The molecule has 6 nitrogen and oxygen atoms in total. The van der Waals surface area contributed by atoms with Gasteiger partial charge in [0.2, 0.25) is 10.0 Å². The summed E-state index contributed by atoms with van der Waals surface area (Å²) in [7, 11) is -3.55. The summed E-state index contributed by atoms with van der Waals surface area (Å²) in [6.45, 7) is 1.12. The largest absolute Gasteiger partial charge is 0.493 e. The molecule has 0 saturated carbocycles. The molecule has 1 fully saturated rings. The second kappa shape index (κ2) is 9.03. The topological polar surface area (TPSA) is 80.4 Å². The summed E-state index contributed by atoms with van der Waals surface area (Å²) < 4.78 is 77.1. The highest BCUT2D eigenvalue weighted by Gasteiger charge is 2.30. The molecule has 32 heavy (non-hydrogen) atoms. The molecule has 4 rings (SSSR count). The maximum Gasteiger partial charge on any atom is 0.416 e. The average molecular weight is 468 g/mol. The number of H-pyrrole nitrogens is 1. The van der Waals surface area contributed by atoms with Gasteiger partial charge in [0.25, 0.3) is 0 Å². The Hall–Kier alpha value is -2.72. The number of fused-ring (bicyclic) bond motifs is 1. The van der Waals surface area contributed by atoms with Gasteiger partial charge in [0.05, 0.1) is 23.1 Å². The predicted octanol–water partition coefficient (Wildman–Crippen LogP) is 4.73. The van der Waals surface area contributed by atoms with Crippen LogP contribution >= 0.6 is 0 Å². The highest BCUT2D eigenvalue weighted by molar-refractivity contribution is 7.93. The monoisotopic (exact) mass is 468 g/mol. The van der Waals surface area contributed by atoms with E-state index in [-0.39, 0.29) is 6.61 Å². The maximum atomic E-state index is 12.7. The number of hydrogen-bond donors (Lipinski definition) is 2. The van der Waals surface area contributed by atoms with Gasteiger partial charge in [-0.25, -0.2) is 8.42 Å². The molecule has 0 spiro atoms. The minimum absolute atomic E-state index is 0.268. The molecule has 2 aromatic carbocycles. The molecule has 0 radical (unpaired) electrons. The van der Waals surface area contributed by atoms with Crippen LogP contribution in [0.5, 0.6) is 5.75 Å². The van der Waals surface area contributed by atoms with Crippen molar-refractivity contribution in [3.05, 3.63) is 59.8 Å². The number of alkyl halides is 3. The quantitative estimate of drug-likeness (QED) is 0.526. The number of rotatable bonds is 7. The highest BCUT2D eigenvalue weighted by atomic mass is 32.2. The molecule has 2 N–H and O–H groups in total. The molecule has 3 aromatic rings. The molecular formula is C22H23F3N2O4S. The van der Waals surface area contributed by atoms with Crippen LogP contribution < -0.4 is 9.46 Å². The van der Waals surface area contributed by atoms with E-state index >= 15 is 0 Å². The summed E-state index contributed by atoms with van der Waals surface area (Å²) in [4.78, 5) is 3.04. The summed E-state index contributed by atoms with van der Waals surface area (Å²) in [6.07, 6.45) is -1.41. The summed E-state index contributed by atoms with van der Waals surface area (Å²) in [6, 6.07) is 10.3. The molecule has 10 heteroatoms. The molecule has 0 atom stereocenters. The van der Waals surface area contributed by atoms with Gasteiger partial charge in [0, 0.05) is 36.7 Å². The first-order chi connectivity index (χ1) is 15.2. The Kier molecular flexibility index (Phi) is 6.34. The summed E-state index contributed by atoms with van der Waals surface area (Å²) in [5, 5.41) is 0.178.